The first-order valence-electron chi connectivity index (χ1n) is 5.89. The average Bonchev–Trinajstić information content (AvgIpc) is 2.33. The summed E-state index contributed by atoms with van der Waals surface area (Å²) < 4.78 is 53.9. The van der Waals surface area contributed by atoms with E-state index in [1.165, 1.54) is 0 Å². The Hall–Kier alpha value is -1.96. The second-order valence-corrected chi connectivity index (χ2v) is 6.58. The number of carboxylic acid groups (broad SMARTS) is 1. The van der Waals surface area contributed by atoms with Gasteiger partial charge in [0.1, 0.15) is 9.84 Å². The predicted molar refractivity (Wildman–Crippen MR) is 72.9 cm³/mol. The lowest BCUT2D eigenvalue weighted by Gasteiger charge is -2.08. The number of rotatable bonds is 7. The molecule has 1 aromatic carbocycles. The summed E-state index contributed by atoms with van der Waals surface area (Å²) in [5.41, 5.74) is 0.0379. The van der Waals surface area contributed by atoms with E-state index in [-0.39, 0.29) is 24.3 Å². The van der Waals surface area contributed by atoms with Gasteiger partial charge in [-0.1, -0.05) is 0 Å². The van der Waals surface area contributed by atoms with Crippen molar-refractivity contribution >= 4 is 21.9 Å². The molecule has 1 N–H and O–H groups in total. The maximum Gasteiger partial charge on any atom is 0.328 e. The van der Waals surface area contributed by atoms with Crippen LogP contribution in [-0.2, 0) is 14.6 Å². The second kappa shape index (κ2) is 7.16. The van der Waals surface area contributed by atoms with Gasteiger partial charge in [0.25, 0.3) is 0 Å². The van der Waals surface area contributed by atoms with Gasteiger partial charge in [0.2, 0.25) is 0 Å². The molecule has 0 spiro atoms. The number of benzene rings is 1. The highest BCUT2D eigenvalue weighted by Gasteiger charge is 2.12. The van der Waals surface area contributed by atoms with Crippen LogP contribution in [0, 0.1) is 11.6 Å². The smallest absolute Gasteiger partial charge is 0.328 e. The Kier molecular flexibility index (Phi) is 5.83. The number of carboxylic acids is 1. The highest BCUT2D eigenvalue weighted by Crippen LogP contribution is 2.24. The Morgan fingerprint density at radius 1 is 1.33 bits per heavy atom. The first-order valence-corrected chi connectivity index (χ1v) is 7.95. The van der Waals surface area contributed by atoms with Crippen LogP contribution in [0.25, 0.3) is 6.08 Å². The number of hydrogen-bond donors (Lipinski definition) is 1. The SMILES string of the molecule is CS(=O)(=O)CCCOc1c(F)cc(C=CC(=O)O)cc1F. The number of carbonyl (C=O) groups is 1. The molecular weight excluding hydrogens is 306 g/mol. The fourth-order valence-corrected chi connectivity index (χ4v) is 2.12. The molecule has 21 heavy (non-hydrogen) atoms. The molecule has 0 saturated carbocycles. The Morgan fingerprint density at radius 3 is 2.38 bits per heavy atom. The summed E-state index contributed by atoms with van der Waals surface area (Å²) in [7, 11) is -3.15. The predicted octanol–water partition coefficient (Wildman–Crippen LogP) is 1.88. The zero-order valence-electron chi connectivity index (χ0n) is 11.2. The highest BCUT2D eigenvalue weighted by molar-refractivity contribution is 7.90. The maximum atomic E-state index is 13.6. The standard InChI is InChI=1S/C13H14F2O5S/c1-21(18,19)6-2-5-20-13-10(14)7-9(8-11(13)15)3-4-12(16)17/h3-4,7-8H,2,5-6H2,1H3,(H,16,17). The number of aliphatic carboxylic acids is 1. The number of hydrogen-bond acceptors (Lipinski definition) is 4. The van der Waals surface area contributed by atoms with E-state index in [4.69, 9.17) is 9.84 Å². The minimum atomic E-state index is -3.15. The van der Waals surface area contributed by atoms with Crippen LogP contribution in [0.5, 0.6) is 5.75 Å². The van der Waals surface area contributed by atoms with Crippen molar-refractivity contribution < 1.29 is 31.8 Å². The van der Waals surface area contributed by atoms with Crippen LogP contribution in [0.2, 0.25) is 0 Å². The van der Waals surface area contributed by atoms with E-state index in [1.807, 2.05) is 0 Å². The number of ether oxygens (including phenoxy) is 1. The molecule has 0 aliphatic rings. The summed E-state index contributed by atoms with van der Waals surface area (Å²) in [5, 5.41) is 8.43. The second-order valence-electron chi connectivity index (χ2n) is 4.32. The molecular formula is C13H14F2O5S. The molecule has 5 nitrogen and oxygen atoms in total. The zero-order chi connectivity index (χ0) is 16.0. The third-order valence-corrected chi connectivity index (χ3v) is 3.38. The van der Waals surface area contributed by atoms with Crippen LogP contribution in [0.1, 0.15) is 12.0 Å². The van der Waals surface area contributed by atoms with Crippen LogP contribution in [0.4, 0.5) is 8.78 Å². The lowest BCUT2D eigenvalue weighted by atomic mass is 10.2. The Labute approximate surface area is 120 Å². The molecule has 0 amide bonds. The van der Waals surface area contributed by atoms with E-state index in [9.17, 15) is 22.0 Å². The van der Waals surface area contributed by atoms with Gasteiger partial charge in [-0.3, -0.25) is 0 Å². The van der Waals surface area contributed by atoms with Crippen LogP contribution < -0.4 is 4.74 Å². The van der Waals surface area contributed by atoms with Gasteiger partial charge in [-0.05, 0) is 30.2 Å². The highest BCUT2D eigenvalue weighted by atomic mass is 32.2. The first kappa shape index (κ1) is 17.1. The van der Waals surface area contributed by atoms with Gasteiger partial charge in [-0.15, -0.1) is 0 Å². The third-order valence-electron chi connectivity index (χ3n) is 2.34. The molecule has 0 unspecified atom stereocenters. The Bertz CT molecular complexity index is 630. The third kappa shape index (κ3) is 6.35. The minimum Gasteiger partial charge on any atom is -0.488 e. The summed E-state index contributed by atoms with van der Waals surface area (Å²) in [6.45, 7) is -0.148. The molecule has 0 heterocycles. The van der Waals surface area contributed by atoms with Crippen LogP contribution in [-0.4, -0.2) is 38.1 Å². The van der Waals surface area contributed by atoms with Crippen molar-refractivity contribution in [3.63, 3.8) is 0 Å². The van der Waals surface area contributed by atoms with E-state index in [0.29, 0.717) is 0 Å². The molecule has 0 aliphatic carbocycles. The molecule has 0 saturated heterocycles. The Balaban J connectivity index is 2.74. The van der Waals surface area contributed by atoms with Crippen LogP contribution in [0.15, 0.2) is 18.2 Å². The molecule has 0 aromatic heterocycles. The quantitative estimate of drug-likeness (QED) is 0.613. The van der Waals surface area contributed by atoms with Crippen LogP contribution >= 0.6 is 0 Å². The fraction of sp³-hybridized carbons (Fsp3) is 0.308. The summed E-state index contributed by atoms with van der Waals surface area (Å²) >= 11 is 0. The molecule has 0 atom stereocenters. The van der Waals surface area contributed by atoms with E-state index >= 15 is 0 Å². The summed E-state index contributed by atoms with van der Waals surface area (Å²) in [6.07, 6.45) is 2.96. The Morgan fingerprint density at radius 2 is 1.90 bits per heavy atom. The van der Waals surface area contributed by atoms with Crippen molar-refractivity contribution in [3.05, 3.63) is 35.4 Å². The molecule has 0 radical (unpaired) electrons. The largest absolute Gasteiger partial charge is 0.488 e. The van der Waals surface area contributed by atoms with Crippen molar-refractivity contribution in [1.29, 1.82) is 0 Å². The number of sulfone groups is 1. The maximum absolute atomic E-state index is 13.6. The van der Waals surface area contributed by atoms with Gasteiger partial charge in [-0.25, -0.2) is 22.0 Å². The van der Waals surface area contributed by atoms with Gasteiger partial charge in [0, 0.05) is 12.3 Å². The molecule has 116 valence electrons. The summed E-state index contributed by atoms with van der Waals surface area (Å²) in [5.74, 6) is -3.97. The molecule has 1 aromatic rings. The zero-order valence-corrected chi connectivity index (χ0v) is 12.0. The summed E-state index contributed by atoms with van der Waals surface area (Å²) in [4.78, 5) is 10.3. The molecule has 0 fully saturated rings. The van der Waals surface area contributed by atoms with Gasteiger partial charge >= 0.3 is 5.97 Å². The summed E-state index contributed by atoms with van der Waals surface area (Å²) in [6, 6.07) is 1.85. The van der Waals surface area contributed by atoms with Crippen molar-refractivity contribution in [1.82, 2.24) is 0 Å². The van der Waals surface area contributed by atoms with Gasteiger partial charge in [-0.2, -0.15) is 0 Å². The van der Waals surface area contributed by atoms with Crippen molar-refractivity contribution in [2.24, 2.45) is 0 Å². The van der Waals surface area contributed by atoms with E-state index in [1.54, 1.807) is 0 Å². The average molecular weight is 320 g/mol. The van der Waals surface area contributed by atoms with Gasteiger partial charge in [0.05, 0.1) is 12.4 Å². The number of halogens is 2. The van der Waals surface area contributed by atoms with Crippen molar-refractivity contribution in [3.8, 4) is 5.75 Å². The van der Waals surface area contributed by atoms with Crippen molar-refractivity contribution in [2.75, 3.05) is 18.6 Å². The van der Waals surface area contributed by atoms with Crippen molar-refractivity contribution in [2.45, 2.75) is 6.42 Å². The van der Waals surface area contributed by atoms with E-state index in [0.717, 1.165) is 30.5 Å². The first-order chi connectivity index (χ1) is 9.69. The molecule has 1 rings (SSSR count). The topological polar surface area (TPSA) is 80.7 Å². The van der Waals surface area contributed by atoms with E-state index < -0.39 is 33.2 Å². The lowest BCUT2D eigenvalue weighted by Crippen LogP contribution is -2.09. The van der Waals surface area contributed by atoms with Gasteiger partial charge < -0.3 is 9.84 Å². The molecule has 0 bridgehead atoms. The lowest BCUT2D eigenvalue weighted by molar-refractivity contribution is -0.131. The normalized spacial score (nSPS) is 11.8. The van der Waals surface area contributed by atoms with Gasteiger partial charge in [0.15, 0.2) is 17.4 Å². The fourth-order valence-electron chi connectivity index (χ4n) is 1.48. The van der Waals surface area contributed by atoms with E-state index in [2.05, 4.69) is 0 Å². The molecule has 0 aliphatic heterocycles. The van der Waals surface area contributed by atoms with Crippen LogP contribution in [0.3, 0.4) is 0 Å². The monoisotopic (exact) mass is 320 g/mol. The molecule has 8 heteroatoms. The minimum absolute atomic E-state index is 0.0379.